The molecule has 21 heavy (non-hydrogen) atoms. The highest BCUT2D eigenvalue weighted by Crippen LogP contribution is 2.27. The first kappa shape index (κ1) is 15.4. The van der Waals surface area contributed by atoms with Gasteiger partial charge < -0.3 is 4.74 Å². The van der Waals surface area contributed by atoms with E-state index >= 15 is 0 Å². The number of hydrogen-bond acceptors (Lipinski definition) is 1. The number of allylic oxidation sites excluding steroid dienone is 2. The second kappa shape index (κ2) is 7.68. The van der Waals surface area contributed by atoms with E-state index in [0.717, 1.165) is 17.1 Å². The van der Waals surface area contributed by atoms with Crippen LogP contribution in [0, 0.1) is 6.92 Å². The van der Waals surface area contributed by atoms with Gasteiger partial charge in [-0.25, -0.2) is 0 Å². The fourth-order valence-corrected chi connectivity index (χ4v) is 1.81. The third-order valence-electron chi connectivity index (χ3n) is 3.31. The van der Waals surface area contributed by atoms with Gasteiger partial charge in [-0.2, -0.15) is 0 Å². The van der Waals surface area contributed by atoms with Crippen molar-refractivity contribution >= 4 is 0 Å². The molecule has 0 saturated heterocycles. The lowest BCUT2D eigenvalue weighted by atomic mass is 10.0. The van der Waals surface area contributed by atoms with Crippen LogP contribution in [0.5, 0.6) is 5.75 Å². The van der Waals surface area contributed by atoms with Crippen LogP contribution in [0.4, 0.5) is 0 Å². The fraction of sp³-hybridized carbons (Fsp3) is 0.300. The minimum Gasteiger partial charge on any atom is -0.462 e. The van der Waals surface area contributed by atoms with Crippen molar-refractivity contribution in [2.75, 3.05) is 0 Å². The molecule has 0 amide bonds. The van der Waals surface area contributed by atoms with Crippen LogP contribution in [0.1, 0.15) is 38.7 Å². The molecule has 0 heterocycles. The fourth-order valence-electron chi connectivity index (χ4n) is 1.81. The average molecular weight is 280 g/mol. The zero-order valence-electron chi connectivity index (χ0n) is 13.2. The molecule has 1 fully saturated rings. The van der Waals surface area contributed by atoms with Gasteiger partial charge in [0.15, 0.2) is 0 Å². The van der Waals surface area contributed by atoms with Crippen LogP contribution in [0.15, 0.2) is 60.4 Å². The summed E-state index contributed by atoms with van der Waals surface area (Å²) in [5.41, 5.74) is 3.60. The Hall–Kier alpha value is -2.02. The third kappa shape index (κ3) is 5.11. The normalized spacial score (nSPS) is 13.2. The van der Waals surface area contributed by atoms with E-state index in [0.29, 0.717) is 0 Å². The van der Waals surface area contributed by atoms with Crippen LogP contribution in [0.25, 0.3) is 11.1 Å². The molecule has 2 aromatic carbocycles. The predicted octanol–water partition coefficient (Wildman–Crippen LogP) is 6.13. The van der Waals surface area contributed by atoms with E-state index < -0.39 is 0 Å². The van der Waals surface area contributed by atoms with E-state index in [1.165, 1.54) is 30.4 Å². The second-order valence-electron chi connectivity index (χ2n) is 5.41. The molecule has 2 aromatic rings. The van der Waals surface area contributed by atoms with Crippen molar-refractivity contribution in [2.24, 2.45) is 0 Å². The van der Waals surface area contributed by atoms with Gasteiger partial charge >= 0.3 is 0 Å². The van der Waals surface area contributed by atoms with Crippen LogP contribution in [-0.4, -0.2) is 0 Å². The Kier molecular flexibility index (Phi) is 5.62. The standard InChI is InChI=1S/C17H18O.C3H6/c1-4-14(3)18-17-11-10-16(12-13(17)2)15-8-6-5-7-9-15;1-2-3-1/h4-12H,1-3H3;1-3H2/b14-4+;. The number of benzene rings is 2. The molecular formula is C20H24O. The molecule has 0 aliphatic heterocycles. The molecule has 0 atom stereocenters. The van der Waals surface area contributed by atoms with Crippen molar-refractivity contribution in [1.82, 2.24) is 0 Å². The van der Waals surface area contributed by atoms with Gasteiger partial charge in [0.05, 0.1) is 5.76 Å². The van der Waals surface area contributed by atoms with E-state index in [1.54, 1.807) is 0 Å². The highest BCUT2D eigenvalue weighted by atomic mass is 16.5. The van der Waals surface area contributed by atoms with Crippen molar-refractivity contribution in [3.63, 3.8) is 0 Å². The molecule has 1 aliphatic rings. The van der Waals surface area contributed by atoms with Crippen molar-refractivity contribution in [1.29, 1.82) is 0 Å². The Balaban J connectivity index is 0.000000477. The van der Waals surface area contributed by atoms with Crippen molar-refractivity contribution in [2.45, 2.75) is 40.0 Å². The zero-order chi connectivity index (χ0) is 15.1. The lowest BCUT2D eigenvalue weighted by Gasteiger charge is -2.10. The van der Waals surface area contributed by atoms with Gasteiger partial charge in [0.1, 0.15) is 5.75 Å². The second-order valence-corrected chi connectivity index (χ2v) is 5.41. The summed E-state index contributed by atoms with van der Waals surface area (Å²) in [6.07, 6.45) is 6.46. The number of ether oxygens (including phenoxy) is 1. The largest absolute Gasteiger partial charge is 0.462 e. The molecule has 1 nitrogen and oxygen atoms in total. The first-order chi connectivity index (χ1) is 10.2. The SMILES string of the molecule is C/C=C(\C)Oc1ccc(-c2ccccc2)cc1C.C1CC1. The molecule has 110 valence electrons. The van der Waals surface area contributed by atoms with Gasteiger partial charge in [0, 0.05) is 0 Å². The summed E-state index contributed by atoms with van der Waals surface area (Å²) in [5, 5.41) is 0. The van der Waals surface area contributed by atoms with Gasteiger partial charge in [-0.05, 0) is 55.7 Å². The Morgan fingerprint density at radius 1 is 0.952 bits per heavy atom. The topological polar surface area (TPSA) is 9.23 Å². The Morgan fingerprint density at radius 3 is 2.14 bits per heavy atom. The van der Waals surface area contributed by atoms with Crippen molar-refractivity contribution < 1.29 is 4.74 Å². The summed E-state index contributed by atoms with van der Waals surface area (Å²) < 4.78 is 5.75. The van der Waals surface area contributed by atoms with E-state index in [4.69, 9.17) is 4.74 Å². The maximum absolute atomic E-state index is 5.75. The average Bonchev–Trinajstić information content (AvgIpc) is 3.38. The van der Waals surface area contributed by atoms with E-state index in [1.807, 2.05) is 32.1 Å². The molecule has 3 rings (SSSR count). The molecular weight excluding hydrogens is 256 g/mol. The summed E-state index contributed by atoms with van der Waals surface area (Å²) in [6.45, 7) is 6.01. The quantitative estimate of drug-likeness (QED) is 0.614. The van der Waals surface area contributed by atoms with Gasteiger partial charge in [0.2, 0.25) is 0 Å². The van der Waals surface area contributed by atoms with E-state index in [-0.39, 0.29) is 0 Å². The molecule has 0 aromatic heterocycles. The maximum atomic E-state index is 5.75. The lowest BCUT2D eigenvalue weighted by molar-refractivity contribution is 0.424. The third-order valence-corrected chi connectivity index (χ3v) is 3.31. The van der Waals surface area contributed by atoms with Crippen LogP contribution in [0.3, 0.4) is 0 Å². The van der Waals surface area contributed by atoms with Crippen LogP contribution in [-0.2, 0) is 0 Å². The molecule has 1 saturated carbocycles. The first-order valence-corrected chi connectivity index (χ1v) is 7.67. The highest BCUT2D eigenvalue weighted by molar-refractivity contribution is 5.65. The monoisotopic (exact) mass is 280 g/mol. The summed E-state index contributed by atoms with van der Waals surface area (Å²) in [5.74, 6) is 1.84. The van der Waals surface area contributed by atoms with Gasteiger partial charge in [0.25, 0.3) is 0 Å². The maximum Gasteiger partial charge on any atom is 0.129 e. The molecule has 0 unspecified atom stereocenters. The number of aryl methyl sites for hydroxylation is 1. The summed E-state index contributed by atoms with van der Waals surface area (Å²) in [6, 6.07) is 16.7. The Labute approximate surface area is 128 Å². The van der Waals surface area contributed by atoms with Crippen molar-refractivity contribution in [3.05, 3.63) is 65.9 Å². The Bertz CT molecular complexity index is 592. The van der Waals surface area contributed by atoms with Crippen LogP contribution in [0.2, 0.25) is 0 Å². The molecule has 0 radical (unpaired) electrons. The molecule has 0 bridgehead atoms. The summed E-state index contributed by atoms with van der Waals surface area (Å²) in [7, 11) is 0. The zero-order valence-corrected chi connectivity index (χ0v) is 13.2. The number of rotatable bonds is 3. The minimum atomic E-state index is 0.922. The molecule has 0 spiro atoms. The lowest BCUT2D eigenvalue weighted by Crippen LogP contribution is -1.93. The Morgan fingerprint density at radius 2 is 1.62 bits per heavy atom. The summed E-state index contributed by atoms with van der Waals surface area (Å²) in [4.78, 5) is 0. The molecule has 0 N–H and O–H groups in total. The predicted molar refractivity (Wildman–Crippen MR) is 90.5 cm³/mol. The van der Waals surface area contributed by atoms with E-state index in [9.17, 15) is 0 Å². The molecule has 1 aliphatic carbocycles. The van der Waals surface area contributed by atoms with Gasteiger partial charge in [-0.1, -0.05) is 55.7 Å². The summed E-state index contributed by atoms with van der Waals surface area (Å²) >= 11 is 0. The van der Waals surface area contributed by atoms with Crippen LogP contribution >= 0.6 is 0 Å². The van der Waals surface area contributed by atoms with Gasteiger partial charge in [-0.3, -0.25) is 0 Å². The minimum absolute atomic E-state index is 0.922. The first-order valence-electron chi connectivity index (χ1n) is 7.67. The van der Waals surface area contributed by atoms with Crippen molar-refractivity contribution in [3.8, 4) is 16.9 Å². The number of hydrogen-bond donors (Lipinski definition) is 0. The highest BCUT2D eigenvalue weighted by Gasteiger charge is 2.03. The van der Waals surface area contributed by atoms with E-state index in [2.05, 4.69) is 43.3 Å². The molecule has 1 heteroatoms. The van der Waals surface area contributed by atoms with Gasteiger partial charge in [-0.15, -0.1) is 0 Å². The van der Waals surface area contributed by atoms with Crippen LogP contribution < -0.4 is 4.74 Å². The smallest absolute Gasteiger partial charge is 0.129 e.